The Morgan fingerprint density at radius 1 is 1.12 bits per heavy atom. The number of amides is 1. The fraction of sp³-hybridized carbons (Fsp3) is 0.409. The Balaban J connectivity index is 1.50. The van der Waals surface area contributed by atoms with Crippen LogP contribution >= 0.6 is 0 Å². The Hall–Kier alpha value is -2.33. The number of nitrogens with one attached hydrogen (secondary N) is 2. The molecule has 26 heavy (non-hydrogen) atoms. The number of carbonyl (C=O) groups is 1. The number of hydrogen-bond donors (Lipinski definition) is 2. The van der Waals surface area contributed by atoms with Gasteiger partial charge in [-0.15, -0.1) is 0 Å². The van der Waals surface area contributed by atoms with Crippen LogP contribution in [0.5, 0.6) is 0 Å². The van der Waals surface area contributed by atoms with E-state index < -0.39 is 0 Å². The van der Waals surface area contributed by atoms with E-state index in [-0.39, 0.29) is 5.91 Å². The third kappa shape index (κ3) is 5.33. The van der Waals surface area contributed by atoms with Crippen molar-refractivity contribution in [2.45, 2.75) is 32.7 Å². The van der Waals surface area contributed by atoms with Crippen molar-refractivity contribution in [3.05, 3.63) is 60.2 Å². The Morgan fingerprint density at radius 2 is 1.88 bits per heavy atom. The fourth-order valence-corrected chi connectivity index (χ4v) is 3.69. The number of anilines is 2. The van der Waals surface area contributed by atoms with Gasteiger partial charge < -0.3 is 15.5 Å². The summed E-state index contributed by atoms with van der Waals surface area (Å²) in [4.78, 5) is 13.8. The molecule has 4 heteroatoms. The van der Waals surface area contributed by atoms with Crippen molar-refractivity contribution in [3.8, 4) is 0 Å². The molecule has 0 radical (unpaired) electrons. The minimum atomic E-state index is -0.0396. The largest absolute Gasteiger partial charge is 0.382 e. The first-order valence-corrected chi connectivity index (χ1v) is 9.50. The molecule has 1 fully saturated rings. The maximum Gasteiger partial charge on any atom is 0.221 e. The van der Waals surface area contributed by atoms with Crippen molar-refractivity contribution < 1.29 is 4.79 Å². The van der Waals surface area contributed by atoms with Crippen LogP contribution in [0, 0.1) is 5.92 Å². The lowest BCUT2D eigenvalue weighted by atomic mass is 9.93. The maximum absolute atomic E-state index is 11.2. The highest BCUT2D eigenvalue weighted by Gasteiger charge is 2.25. The molecule has 2 N–H and O–H groups in total. The molecule has 2 unspecified atom stereocenters. The van der Waals surface area contributed by atoms with Gasteiger partial charge in [-0.1, -0.05) is 43.3 Å². The van der Waals surface area contributed by atoms with Crippen LogP contribution in [0.2, 0.25) is 0 Å². The molecule has 2 aromatic carbocycles. The molecule has 0 bridgehead atoms. The van der Waals surface area contributed by atoms with Crippen molar-refractivity contribution in [2.24, 2.45) is 5.92 Å². The fourth-order valence-electron chi connectivity index (χ4n) is 3.69. The Morgan fingerprint density at radius 3 is 2.62 bits per heavy atom. The Kier molecular flexibility index (Phi) is 6.29. The van der Waals surface area contributed by atoms with Gasteiger partial charge in [0.15, 0.2) is 0 Å². The van der Waals surface area contributed by atoms with Crippen LogP contribution in [0.15, 0.2) is 54.6 Å². The Bertz CT molecular complexity index is 716. The van der Waals surface area contributed by atoms with Crippen LogP contribution in [0.25, 0.3) is 0 Å². The summed E-state index contributed by atoms with van der Waals surface area (Å²) in [7, 11) is 0. The lowest BCUT2D eigenvalue weighted by Gasteiger charge is -2.38. The molecule has 3 rings (SSSR count). The van der Waals surface area contributed by atoms with E-state index >= 15 is 0 Å². The highest BCUT2D eigenvalue weighted by molar-refractivity contribution is 5.89. The van der Waals surface area contributed by atoms with E-state index in [1.54, 1.807) is 0 Å². The smallest absolute Gasteiger partial charge is 0.221 e. The van der Waals surface area contributed by atoms with E-state index in [1.165, 1.54) is 12.5 Å². The van der Waals surface area contributed by atoms with Crippen molar-refractivity contribution in [3.63, 3.8) is 0 Å². The third-order valence-corrected chi connectivity index (χ3v) is 5.08. The number of carbonyl (C=O) groups excluding carboxylic acids is 1. The first-order valence-electron chi connectivity index (χ1n) is 9.50. The highest BCUT2D eigenvalue weighted by atomic mass is 16.1. The number of likely N-dealkylation sites (tertiary alicyclic amines) is 1. The predicted octanol–water partition coefficient (Wildman–Crippen LogP) is 4.01. The van der Waals surface area contributed by atoms with Gasteiger partial charge in [0.1, 0.15) is 0 Å². The molecule has 1 saturated heterocycles. The second kappa shape index (κ2) is 8.86. The van der Waals surface area contributed by atoms with E-state index in [2.05, 4.69) is 58.9 Å². The van der Waals surface area contributed by atoms with Crippen molar-refractivity contribution in [2.75, 3.05) is 30.3 Å². The molecule has 0 spiro atoms. The van der Waals surface area contributed by atoms with Gasteiger partial charge in [0.25, 0.3) is 0 Å². The summed E-state index contributed by atoms with van der Waals surface area (Å²) in [6.07, 6.45) is 2.25. The predicted molar refractivity (Wildman–Crippen MR) is 109 cm³/mol. The van der Waals surface area contributed by atoms with Crippen molar-refractivity contribution in [1.82, 2.24) is 4.90 Å². The SMILES string of the molecule is CC(=O)Nc1cccc(NC2CCN(CCc3ccccc3)CC2C)c1. The summed E-state index contributed by atoms with van der Waals surface area (Å²) < 4.78 is 0. The summed E-state index contributed by atoms with van der Waals surface area (Å²) in [6.45, 7) is 7.23. The number of nitrogens with zero attached hydrogens (tertiary/aromatic N) is 1. The van der Waals surface area contributed by atoms with Gasteiger partial charge in [-0.3, -0.25) is 4.79 Å². The van der Waals surface area contributed by atoms with Crippen LogP contribution in [-0.4, -0.2) is 36.5 Å². The molecule has 0 aromatic heterocycles. The van der Waals surface area contributed by atoms with Crippen molar-refractivity contribution in [1.29, 1.82) is 0 Å². The first-order chi connectivity index (χ1) is 12.6. The minimum Gasteiger partial charge on any atom is -0.382 e. The van der Waals surface area contributed by atoms with Gasteiger partial charge in [-0.05, 0) is 42.5 Å². The van der Waals surface area contributed by atoms with Crippen LogP contribution in [-0.2, 0) is 11.2 Å². The zero-order chi connectivity index (χ0) is 18.4. The van der Waals surface area contributed by atoms with Crippen LogP contribution in [0.4, 0.5) is 11.4 Å². The standard InChI is InChI=1S/C22H29N3O/c1-17-16-25(13-11-19-7-4-3-5-8-19)14-12-22(17)24-21-10-6-9-20(15-21)23-18(2)26/h3-10,15,17,22,24H,11-14,16H2,1-2H3,(H,23,26). The molecule has 0 saturated carbocycles. The maximum atomic E-state index is 11.2. The average Bonchev–Trinajstić information content (AvgIpc) is 2.63. The number of rotatable bonds is 6. The van der Waals surface area contributed by atoms with Gasteiger partial charge in [-0.25, -0.2) is 0 Å². The molecule has 1 heterocycles. The molecule has 2 atom stereocenters. The van der Waals surface area contributed by atoms with Gasteiger partial charge in [0.2, 0.25) is 5.91 Å². The molecule has 1 aliphatic rings. The first kappa shape index (κ1) is 18.5. The summed E-state index contributed by atoms with van der Waals surface area (Å²) in [6, 6.07) is 19.2. The molecule has 1 aliphatic heterocycles. The number of benzene rings is 2. The third-order valence-electron chi connectivity index (χ3n) is 5.08. The molecule has 138 valence electrons. The average molecular weight is 351 g/mol. The van der Waals surface area contributed by atoms with E-state index in [0.717, 1.165) is 43.9 Å². The zero-order valence-electron chi connectivity index (χ0n) is 15.7. The normalized spacial score (nSPS) is 20.5. The van der Waals surface area contributed by atoms with Crippen LogP contribution in [0.3, 0.4) is 0 Å². The zero-order valence-corrected chi connectivity index (χ0v) is 15.7. The second-order valence-corrected chi connectivity index (χ2v) is 7.31. The highest BCUT2D eigenvalue weighted by Crippen LogP contribution is 2.23. The van der Waals surface area contributed by atoms with Gasteiger partial charge in [0.05, 0.1) is 0 Å². The van der Waals surface area contributed by atoms with E-state index in [4.69, 9.17) is 0 Å². The van der Waals surface area contributed by atoms with Gasteiger partial charge in [0, 0.05) is 44.0 Å². The lowest BCUT2D eigenvalue weighted by Crippen LogP contribution is -2.45. The molecule has 2 aromatic rings. The number of piperidine rings is 1. The van der Waals surface area contributed by atoms with E-state index in [0.29, 0.717) is 12.0 Å². The summed E-state index contributed by atoms with van der Waals surface area (Å²) in [5, 5.41) is 6.51. The molecule has 4 nitrogen and oxygen atoms in total. The van der Waals surface area contributed by atoms with E-state index in [1.807, 2.05) is 18.2 Å². The second-order valence-electron chi connectivity index (χ2n) is 7.31. The van der Waals surface area contributed by atoms with Crippen LogP contribution in [0.1, 0.15) is 25.8 Å². The molecule has 0 aliphatic carbocycles. The molecule has 1 amide bonds. The van der Waals surface area contributed by atoms with Gasteiger partial charge in [-0.2, -0.15) is 0 Å². The molecular weight excluding hydrogens is 322 g/mol. The topological polar surface area (TPSA) is 44.4 Å². The van der Waals surface area contributed by atoms with Crippen LogP contribution < -0.4 is 10.6 Å². The summed E-state index contributed by atoms with van der Waals surface area (Å²) in [5.74, 6) is 0.547. The lowest BCUT2D eigenvalue weighted by molar-refractivity contribution is -0.114. The summed E-state index contributed by atoms with van der Waals surface area (Å²) in [5.41, 5.74) is 3.33. The quantitative estimate of drug-likeness (QED) is 0.826. The monoisotopic (exact) mass is 351 g/mol. The van der Waals surface area contributed by atoms with Crippen molar-refractivity contribution >= 4 is 17.3 Å². The van der Waals surface area contributed by atoms with E-state index in [9.17, 15) is 4.79 Å². The summed E-state index contributed by atoms with van der Waals surface area (Å²) >= 11 is 0. The van der Waals surface area contributed by atoms with Gasteiger partial charge >= 0.3 is 0 Å². The molecular formula is C22H29N3O. The number of hydrogen-bond acceptors (Lipinski definition) is 3. The Labute approximate surface area is 156 Å². The minimum absolute atomic E-state index is 0.0396.